The van der Waals surface area contributed by atoms with Crippen LogP contribution in [0, 0.1) is 10.1 Å². The number of hydrazone groups is 1. The number of nitrogen functional groups attached to an aromatic ring is 1. The van der Waals surface area contributed by atoms with Gasteiger partial charge in [-0.15, -0.1) is 0 Å². The van der Waals surface area contributed by atoms with Gasteiger partial charge in [-0.1, -0.05) is 11.6 Å². The summed E-state index contributed by atoms with van der Waals surface area (Å²) < 4.78 is 5.04. The standard InChI is InChI=1S/C15H13ClN4O4/c1-24-14-7-9(2-5-13(14)17)15(21)19-18-8-10-6-11(20(22)23)3-4-12(10)16/h2-8H,17H2,1H3,(H,19,21)/b18-8+. The number of hydrogen-bond donors (Lipinski definition) is 2. The van der Waals surface area contributed by atoms with E-state index in [9.17, 15) is 14.9 Å². The number of nitrogens with zero attached hydrogens (tertiary/aromatic N) is 2. The van der Waals surface area contributed by atoms with Crippen molar-refractivity contribution in [3.8, 4) is 5.75 Å². The van der Waals surface area contributed by atoms with Crippen molar-refractivity contribution in [2.24, 2.45) is 5.10 Å². The van der Waals surface area contributed by atoms with E-state index in [1.54, 1.807) is 0 Å². The third-order valence-electron chi connectivity index (χ3n) is 3.06. The molecule has 0 spiro atoms. The summed E-state index contributed by atoms with van der Waals surface area (Å²) in [5, 5.41) is 14.8. The van der Waals surface area contributed by atoms with E-state index in [0.717, 1.165) is 0 Å². The van der Waals surface area contributed by atoms with Gasteiger partial charge < -0.3 is 10.5 Å². The molecule has 0 atom stereocenters. The highest BCUT2D eigenvalue weighted by Gasteiger charge is 2.10. The summed E-state index contributed by atoms with van der Waals surface area (Å²) >= 11 is 5.93. The summed E-state index contributed by atoms with van der Waals surface area (Å²) in [6.07, 6.45) is 1.22. The predicted octanol–water partition coefficient (Wildman–Crippen LogP) is 2.60. The maximum Gasteiger partial charge on any atom is 0.271 e. The van der Waals surface area contributed by atoms with Gasteiger partial charge >= 0.3 is 0 Å². The number of non-ortho nitro benzene ring substituents is 1. The fourth-order valence-electron chi connectivity index (χ4n) is 1.82. The molecule has 24 heavy (non-hydrogen) atoms. The first-order chi connectivity index (χ1) is 11.4. The molecule has 8 nitrogen and oxygen atoms in total. The number of hydrogen-bond acceptors (Lipinski definition) is 6. The molecular weight excluding hydrogens is 336 g/mol. The number of methoxy groups -OCH3 is 1. The van der Waals surface area contributed by atoms with Gasteiger partial charge in [-0.25, -0.2) is 5.43 Å². The molecule has 0 heterocycles. The zero-order valence-corrected chi connectivity index (χ0v) is 13.3. The first-order valence-electron chi connectivity index (χ1n) is 6.63. The number of nitrogens with one attached hydrogen (secondary N) is 1. The molecule has 0 saturated heterocycles. The van der Waals surface area contributed by atoms with Crippen molar-refractivity contribution < 1.29 is 14.5 Å². The van der Waals surface area contributed by atoms with Gasteiger partial charge in [-0.2, -0.15) is 5.10 Å². The van der Waals surface area contributed by atoms with Gasteiger partial charge in [-0.05, 0) is 24.3 Å². The number of carbonyl (C=O) groups excluding carboxylic acids is 1. The minimum atomic E-state index is -0.549. The summed E-state index contributed by atoms with van der Waals surface area (Å²) in [6, 6.07) is 8.44. The molecule has 1 amide bonds. The highest BCUT2D eigenvalue weighted by molar-refractivity contribution is 6.33. The van der Waals surface area contributed by atoms with E-state index >= 15 is 0 Å². The second-order valence-electron chi connectivity index (χ2n) is 4.62. The highest BCUT2D eigenvalue weighted by Crippen LogP contribution is 2.22. The van der Waals surface area contributed by atoms with Crippen LogP contribution in [0.4, 0.5) is 11.4 Å². The van der Waals surface area contributed by atoms with E-state index in [4.69, 9.17) is 22.1 Å². The zero-order valence-electron chi connectivity index (χ0n) is 12.5. The third-order valence-corrected chi connectivity index (χ3v) is 3.40. The van der Waals surface area contributed by atoms with Crippen LogP contribution in [0.3, 0.4) is 0 Å². The molecule has 0 fully saturated rings. The van der Waals surface area contributed by atoms with Crippen molar-refractivity contribution >= 4 is 35.1 Å². The molecule has 0 radical (unpaired) electrons. The van der Waals surface area contributed by atoms with Gasteiger partial charge in [0.2, 0.25) is 0 Å². The Kier molecular flexibility index (Phi) is 5.33. The minimum absolute atomic E-state index is 0.129. The molecule has 3 N–H and O–H groups in total. The van der Waals surface area contributed by atoms with Crippen LogP contribution in [-0.4, -0.2) is 24.2 Å². The van der Waals surface area contributed by atoms with Crippen LogP contribution in [0.1, 0.15) is 15.9 Å². The van der Waals surface area contributed by atoms with Crippen LogP contribution >= 0.6 is 11.6 Å². The molecule has 0 bridgehead atoms. The Bertz CT molecular complexity index is 823. The molecule has 0 aliphatic carbocycles. The summed E-state index contributed by atoms with van der Waals surface area (Å²) in [5.41, 5.74) is 8.85. The van der Waals surface area contributed by atoms with E-state index in [1.165, 1.54) is 49.7 Å². The van der Waals surface area contributed by atoms with Crippen molar-refractivity contribution in [1.29, 1.82) is 0 Å². The fourth-order valence-corrected chi connectivity index (χ4v) is 1.99. The molecule has 0 saturated carbocycles. The number of carbonyl (C=O) groups is 1. The van der Waals surface area contributed by atoms with Crippen LogP contribution in [0.2, 0.25) is 5.02 Å². The lowest BCUT2D eigenvalue weighted by Crippen LogP contribution is -2.17. The Morgan fingerprint density at radius 2 is 2.12 bits per heavy atom. The van der Waals surface area contributed by atoms with E-state index in [-0.39, 0.29) is 10.7 Å². The van der Waals surface area contributed by atoms with Gasteiger partial charge in [0.25, 0.3) is 11.6 Å². The Morgan fingerprint density at radius 1 is 1.38 bits per heavy atom. The van der Waals surface area contributed by atoms with Crippen LogP contribution in [-0.2, 0) is 0 Å². The number of halogens is 1. The smallest absolute Gasteiger partial charge is 0.271 e. The van der Waals surface area contributed by atoms with Gasteiger partial charge in [0.05, 0.1) is 23.9 Å². The highest BCUT2D eigenvalue weighted by atomic mass is 35.5. The summed E-state index contributed by atoms with van der Waals surface area (Å²) in [7, 11) is 1.44. The van der Waals surface area contributed by atoms with Gasteiger partial charge in [0.15, 0.2) is 0 Å². The van der Waals surface area contributed by atoms with E-state index < -0.39 is 10.8 Å². The summed E-state index contributed by atoms with van der Waals surface area (Å²) in [4.78, 5) is 22.2. The topological polar surface area (TPSA) is 120 Å². The van der Waals surface area contributed by atoms with Gasteiger partial charge in [0, 0.05) is 28.3 Å². The number of rotatable bonds is 5. The van der Waals surface area contributed by atoms with Crippen LogP contribution in [0.25, 0.3) is 0 Å². The zero-order chi connectivity index (χ0) is 17.7. The normalized spacial score (nSPS) is 10.6. The Morgan fingerprint density at radius 3 is 2.79 bits per heavy atom. The lowest BCUT2D eigenvalue weighted by atomic mass is 10.2. The number of ether oxygens (including phenoxy) is 1. The number of nitro benzene ring substituents is 1. The van der Waals surface area contributed by atoms with Gasteiger partial charge in [0.1, 0.15) is 5.75 Å². The second-order valence-corrected chi connectivity index (χ2v) is 5.03. The first-order valence-corrected chi connectivity index (χ1v) is 7.01. The van der Waals surface area contributed by atoms with Gasteiger partial charge in [-0.3, -0.25) is 14.9 Å². The molecule has 0 unspecified atom stereocenters. The Balaban J connectivity index is 2.13. The summed E-state index contributed by atoms with van der Waals surface area (Å²) in [5.74, 6) is -0.125. The molecule has 0 aromatic heterocycles. The average molecular weight is 349 g/mol. The lowest BCUT2D eigenvalue weighted by Gasteiger charge is -2.06. The SMILES string of the molecule is COc1cc(C(=O)N/N=C/c2cc([N+](=O)[O-])ccc2Cl)ccc1N. The minimum Gasteiger partial charge on any atom is -0.495 e. The molecule has 2 rings (SSSR count). The third kappa shape index (κ3) is 3.99. The van der Waals surface area contributed by atoms with Crippen molar-refractivity contribution in [3.05, 3.63) is 62.7 Å². The average Bonchev–Trinajstić information content (AvgIpc) is 2.56. The lowest BCUT2D eigenvalue weighted by molar-refractivity contribution is -0.384. The second kappa shape index (κ2) is 7.42. The Labute approximate surface area is 142 Å². The number of nitro groups is 1. The van der Waals surface area contributed by atoms with Crippen molar-refractivity contribution in [3.63, 3.8) is 0 Å². The monoisotopic (exact) mass is 348 g/mol. The maximum absolute atomic E-state index is 12.0. The molecule has 2 aromatic rings. The first kappa shape index (κ1) is 17.2. The molecule has 0 aliphatic rings. The molecule has 0 aliphatic heterocycles. The van der Waals surface area contributed by atoms with E-state index in [1.807, 2.05) is 0 Å². The van der Waals surface area contributed by atoms with E-state index in [0.29, 0.717) is 22.6 Å². The largest absolute Gasteiger partial charge is 0.495 e. The fraction of sp³-hybridized carbons (Fsp3) is 0.0667. The predicted molar refractivity (Wildman–Crippen MR) is 90.6 cm³/mol. The Hall–Kier alpha value is -3.13. The number of amides is 1. The molecule has 124 valence electrons. The molecule has 9 heteroatoms. The number of benzene rings is 2. The van der Waals surface area contributed by atoms with E-state index in [2.05, 4.69) is 10.5 Å². The van der Waals surface area contributed by atoms with Crippen molar-refractivity contribution in [2.45, 2.75) is 0 Å². The van der Waals surface area contributed by atoms with Crippen LogP contribution in [0.15, 0.2) is 41.5 Å². The van der Waals surface area contributed by atoms with Crippen molar-refractivity contribution in [2.75, 3.05) is 12.8 Å². The number of nitrogens with two attached hydrogens (primary N) is 1. The quantitative estimate of drug-likeness (QED) is 0.372. The maximum atomic E-state index is 12.0. The molecule has 2 aromatic carbocycles. The van der Waals surface area contributed by atoms with Crippen LogP contribution in [0.5, 0.6) is 5.75 Å². The van der Waals surface area contributed by atoms with Crippen molar-refractivity contribution in [1.82, 2.24) is 5.43 Å². The summed E-state index contributed by atoms with van der Waals surface area (Å²) in [6.45, 7) is 0. The number of anilines is 1. The molecular formula is C15H13ClN4O4. The van der Waals surface area contributed by atoms with Crippen LogP contribution < -0.4 is 15.9 Å².